The monoisotopic (exact) mass is 277 g/mol. The van der Waals surface area contributed by atoms with Gasteiger partial charge >= 0.3 is 0 Å². The molecule has 0 unspecified atom stereocenters. The minimum absolute atomic E-state index is 0.740. The Kier molecular flexibility index (Phi) is 6.15. The number of methoxy groups -OCH3 is 1. The molecular weight excluding hydrogens is 250 g/mol. The zero-order valence-electron chi connectivity index (χ0n) is 12.6. The van der Waals surface area contributed by atoms with Gasteiger partial charge in [-0.1, -0.05) is 6.07 Å². The Morgan fingerprint density at radius 1 is 1.25 bits per heavy atom. The second-order valence-electron chi connectivity index (χ2n) is 5.38. The summed E-state index contributed by atoms with van der Waals surface area (Å²) in [5.74, 6) is 0.918. The quantitative estimate of drug-likeness (QED) is 0.788. The molecule has 1 aromatic rings. The van der Waals surface area contributed by atoms with E-state index in [1.54, 1.807) is 7.11 Å². The Morgan fingerprint density at radius 2 is 2.05 bits per heavy atom. The van der Waals surface area contributed by atoms with Gasteiger partial charge in [0.25, 0.3) is 0 Å². The molecule has 0 saturated carbocycles. The van der Waals surface area contributed by atoms with Crippen LogP contribution in [0.5, 0.6) is 5.75 Å². The highest BCUT2D eigenvalue weighted by molar-refractivity contribution is 5.50. The van der Waals surface area contributed by atoms with Crippen molar-refractivity contribution >= 4 is 5.69 Å². The first kappa shape index (κ1) is 15.1. The molecule has 4 nitrogen and oxygen atoms in total. The second-order valence-corrected chi connectivity index (χ2v) is 5.38. The smallest absolute Gasteiger partial charge is 0.120 e. The maximum Gasteiger partial charge on any atom is 0.120 e. The summed E-state index contributed by atoms with van der Waals surface area (Å²) in [5.41, 5.74) is 6.90. The number of hydrogen-bond donors (Lipinski definition) is 1. The molecule has 1 aliphatic rings. The molecule has 1 fully saturated rings. The molecule has 1 aromatic carbocycles. The molecule has 1 heterocycles. The van der Waals surface area contributed by atoms with E-state index < -0.39 is 0 Å². The summed E-state index contributed by atoms with van der Waals surface area (Å²) in [5, 5.41) is 0. The Morgan fingerprint density at radius 3 is 2.75 bits per heavy atom. The lowest BCUT2D eigenvalue weighted by molar-refractivity contribution is 0.344. The second kappa shape index (κ2) is 8.12. The SMILES string of the molecule is COc1cccc(N(CCCN)CCN2CCCC2)c1. The van der Waals surface area contributed by atoms with E-state index >= 15 is 0 Å². The van der Waals surface area contributed by atoms with E-state index in [1.165, 1.54) is 31.6 Å². The van der Waals surface area contributed by atoms with E-state index in [9.17, 15) is 0 Å². The molecule has 0 aliphatic carbocycles. The average molecular weight is 277 g/mol. The van der Waals surface area contributed by atoms with Crippen LogP contribution in [0.15, 0.2) is 24.3 Å². The van der Waals surface area contributed by atoms with Crippen molar-refractivity contribution in [1.82, 2.24) is 4.90 Å². The van der Waals surface area contributed by atoms with Crippen LogP contribution in [0, 0.1) is 0 Å². The van der Waals surface area contributed by atoms with Crippen molar-refractivity contribution in [2.75, 3.05) is 51.3 Å². The first-order valence-corrected chi connectivity index (χ1v) is 7.65. The number of hydrogen-bond acceptors (Lipinski definition) is 4. The van der Waals surface area contributed by atoms with Crippen molar-refractivity contribution in [3.63, 3.8) is 0 Å². The van der Waals surface area contributed by atoms with Gasteiger partial charge < -0.3 is 20.3 Å². The number of rotatable bonds is 8. The molecule has 0 atom stereocenters. The normalized spacial score (nSPS) is 15.5. The largest absolute Gasteiger partial charge is 0.497 e. The Hall–Kier alpha value is -1.26. The molecule has 4 heteroatoms. The van der Waals surface area contributed by atoms with Gasteiger partial charge in [0.2, 0.25) is 0 Å². The molecule has 0 amide bonds. The van der Waals surface area contributed by atoms with Crippen molar-refractivity contribution in [3.8, 4) is 5.75 Å². The summed E-state index contributed by atoms with van der Waals surface area (Å²) in [7, 11) is 1.72. The molecule has 112 valence electrons. The van der Waals surface area contributed by atoms with Crippen LogP contribution in [0.2, 0.25) is 0 Å². The van der Waals surface area contributed by atoms with Gasteiger partial charge in [-0.15, -0.1) is 0 Å². The van der Waals surface area contributed by atoms with Crippen LogP contribution in [-0.2, 0) is 0 Å². The van der Waals surface area contributed by atoms with E-state index in [1.807, 2.05) is 6.07 Å². The molecule has 1 aliphatic heterocycles. The molecule has 0 radical (unpaired) electrons. The fourth-order valence-electron chi connectivity index (χ4n) is 2.73. The van der Waals surface area contributed by atoms with Crippen molar-refractivity contribution in [1.29, 1.82) is 0 Å². The Bertz CT molecular complexity index is 391. The highest BCUT2D eigenvalue weighted by atomic mass is 16.5. The Labute approximate surface area is 122 Å². The molecule has 0 spiro atoms. The summed E-state index contributed by atoms with van der Waals surface area (Å²) in [6.45, 7) is 6.46. The van der Waals surface area contributed by atoms with Crippen LogP contribution in [0.1, 0.15) is 19.3 Å². The Balaban J connectivity index is 1.97. The first-order valence-electron chi connectivity index (χ1n) is 7.65. The minimum Gasteiger partial charge on any atom is -0.497 e. The molecule has 1 saturated heterocycles. The lowest BCUT2D eigenvalue weighted by atomic mass is 10.2. The molecule has 20 heavy (non-hydrogen) atoms. The van der Waals surface area contributed by atoms with Crippen molar-refractivity contribution in [2.45, 2.75) is 19.3 Å². The van der Waals surface area contributed by atoms with Crippen molar-refractivity contribution in [2.24, 2.45) is 5.73 Å². The van der Waals surface area contributed by atoms with Gasteiger partial charge in [0.05, 0.1) is 7.11 Å². The molecule has 0 bridgehead atoms. The van der Waals surface area contributed by atoms with Crippen LogP contribution in [0.3, 0.4) is 0 Å². The van der Waals surface area contributed by atoms with Gasteiger partial charge in [0.1, 0.15) is 5.75 Å². The van der Waals surface area contributed by atoms with Gasteiger partial charge in [0.15, 0.2) is 0 Å². The summed E-state index contributed by atoms with van der Waals surface area (Å²) < 4.78 is 5.33. The van der Waals surface area contributed by atoms with Crippen LogP contribution >= 0.6 is 0 Å². The number of likely N-dealkylation sites (tertiary alicyclic amines) is 1. The number of nitrogens with two attached hydrogens (primary N) is 1. The van der Waals surface area contributed by atoms with Crippen LogP contribution in [-0.4, -0.2) is 51.3 Å². The topological polar surface area (TPSA) is 41.7 Å². The maximum atomic E-state index is 5.67. The van der Waals surface area contributed by atoms with Gasteiger partial charge in [0, 0.05) is 31.4 Å². The zero-order chi connectivity index (χ0) is 14.2. The lowest BCUT2D eigenvalue weighted by Gasteiger charge is -2.27. The zero-order valence-corrected chi connectivity index (χ0v) is 12.6. The maximum absolute atomic E-state index is 5.67. The predicted octanol–water partition coefficient (Wildman–Crippen LogP) is 1.95. The summed E-state index contributed by atoms with van der Waals surface area (Å²) >= 11 is 0. The van der Waals surface area contributed by atoms with Gasteiger partial charge in [-0.2, -0.15) is 0 Å². The van der Waals surface area contributed by atoms with E-state index in [0.29, 0.717) is 0 Å². The third-order valence-corrected chi connectivity index (χ3v) is 3.94. The van der Waals surface area contributed by atoms with Gasteiger partial charge in [-0.05, 0) is 51.0 Å². The van der Waals surface area contributed by atoms with E-state index in [2.05, 4.69) is 28.0 Å². The fraction of sp³-hybridized carbons (Fsp3) is 0.625. The van der Waals surface area contributed by atoms with Crippen LogP contribution in [0.25, 0.3) is 0 Å². The van der Waals surface area contributed by atoms with Gasteiger partial charge in [-0.3, -0.25) is 0 Å². The van der Waals surface area contributed by atoms with Crippen molar-refractivity contribution in [3.05, 3.63) is 24.3 Å². The van der Waals surface area contributed by atoms with Crippen LogP contribution < -0.4 is 15.4 Å². The third-order valence-electron chi connectivity index (χ3n) is 3.94. The molecule has 2 N–H and O–H groups in total. The first-order chi connectivity index (χ1) is 9.83. The average Bonchev–Trinajstić information content (AvgIpc) is 3.01. The predicted molar refractivity (Wildman–Crippen MR) is 84.6 cm³/mol. The van der Waals surface area contributed by atoms with Crippen molar-refractivity contribution < 1.29 is 4.74 Å². The number of ether oxygens (including phenoxy) is 1. The lowest BCUT2D eigenvalue weighted by Crippen LogP contribution is -2.35. The number of nitrogens with zero attached hydrogens (tertiary/aromatic N) is 2. The minimum atomic E-state index is 0.740. The highest BCUT2D eigenvalue weighted by Gasteiger charge is 2.13. The van der Waals surface area contributed by atoms with Gasteiger partial charge in [-0.25, -0.2) is 0 Å². The summed E-state index contributed by atoms with van der Waals surface area (Å²) in [4.78, 5) is 4.98. The van der Waals surface area contributed by atoms with Crippen LogP contribution in [0.4, 0.5) is 5.69 Å². The van der Waals surface area contributed by atoms with E-state index in [-0.39, 0.29) is 0 Å². The van der Waals surface area contributed by atoms with E-state index in [4.69, 9.17) is 10.5 Å². The fourth-order valence-corrected chi connectivity index (χ4v) is 2.73. The standard InChI is InChI=1S/C16H27N3O/c1-20-16-7-4-6-15(14-16)19(11-5-8-17)13-12-18-9-2-3-10-18/h4,6-7,14H,2-3,5,8-13,17H2,1H3. The molecule has 0 aromatic heterocycles. The number of benzene rings is 1. The summed E-state index contributed by atoms with van der Waals surface area (Å²) in [6.07, 6.45) is 3.72. The highest BCUT2D eigenvalue weighted by Crippen LogP contribution is 2.21. The molecule has 2 rings (SSSR count). The summed E-state index contributed by atoms with van der Waals surface area (Å²) in [6, 6.07) is 8.31. The third kappa shape index (κ3) is 4.39. The number of anilines is 1. The van der Waals surface area contributed by atoms with E-state index in [0.717, 1.165) is 38.3 Å². The molecular formula is C16H27N3O.